The van der Waals surface area contributed by atoms with Gasteiger partial charge < -0.3 is 14.4 Å². The normalized spacial score (nSPS) is 22.3. The lowest BCUT2D eigenvalue weighted by molar-refractivity contribution is -0.111. The number of carbonyl (C=O) groups excluding carboxylic acids is 2. The number of carbonyl (C=O) groups is 2. The zero-order chi connectivity index (χ0) is 13.7. The van der Waals surface area contributed by atoms with E-state index in [1.165, 1.54) is 0 Å². The summed E-state index contributed by atoms with van der Waals surface area (Å²) in [6, 6.07) is 9.58. The van der Waals surface area contributed by atoms with Gasteiger partial charge in [-0.3, -0.25) is 0 Å². The molecule has 4 heteroatoms. The van der Waals surface area contributed by atoms with Gasteiger partial charge in [-0.15, -0.1) is 0 Å². The predicted octanol–water partition coefficient (Wildman–Crippen LogP) is 2.48. The number of hydrogen-bond donors (Lipinski definition) is 0. The van der Waals surface area contributed by atoms with E-state index in [2.05, 4.69) is 0 Å². The molecule has 1 aliphatic heterocycles. The van der Waals surface area contributed by atoms with Crippen molar-refractivity contribution in [3.8, 4) is 0 Å². The van der Waals surface area contributed by atoms with E-state index in [1.807, 2.05) is 37.3 Å². The van der Waals surface area contributed by atoms with Gasteiger partial charge in [0, 0.05) is 19.0 Å². The van der Waals surface area contributed by atoms with Gasteiger partial charge >= 0.3 is 6.09 Å². The Hall–Kier alpha value is -1.84. The smallest absolute Gasteiger partial charge is 0.410 e. The van der Waals surface area contributed by atoms with Crippen LogP contribution in [0.5, 0.6) is 0 Å². The zero-order valence-corrected chi connectivity index (χ0v) is 11.1. The number of aldehydes is 1. The first kappa shape index (κ1) is 13.6. The quantitative estimate of drug-likeness (QED) is 0.782. The van der Waals surface area contributed by atoms with Crippen molar-refractivity contribution in [1.29, 1.82) is 0 Å². The predicted molar refractivity (Wildman–Crippen MR) is 71.5 cm³/mol. The second-order valence-corrected chi connectivity index (χ2v) is 4.91. The van der Waals surface area contributed by atoms with Crippen LogP contribution in [-0.2, 0) is 16.1 Å². The maximum Gasteiger partial charge on any atom is 0.410 e. The van der Waals surface area contributed by atoms with Crippen LogP contribution in [0.15, 0.2) is 30.3 Å². The molecular formula is C15H19NO3. The number of rotatable bonds is 4. The Labute approximate surface area is 113 Å². The van der Waals surface area contributed by atoms with E-state index in [4.69, 9.17) is 4.74 Å². The summed E-state index contributed by atoms with van der Waals surface area (Å²) in [4.78, 5) is 24.5. The van der Waals surface area contributed by atoms with Gasteiger partial charge in [0.25, 0.3) is 0 Å². The number of ether oxygens (including phenoxy) is 1. The lowest BCUT2D eigenvalue weighted by Crippen LogP contribution is -2.29. The molecule has 0 saturated carbocycles. The molecule has 1 amide bonds. The van der Waals surface area contributed by atoms with E-state index in [9.17, 15) is 9.59 Å². The summed E-state index contributed by atoms with van der Waals surface area (Å²) in [6.45, 7) is 3.42. The Morgan fingerprint density at radius 1 is 1.37 bits per heavy atom. The van der Waals surface area contributed by atoms with Gasteiger partial charge in [0.2, 0.25) is 0 Å². The number of nitrogens with zero attached hydrogens (tertiary/aromatic N) is 1. The van der Waals surface area contributed by atoms with Crippen molar-refractivity contribution in [3.63, 3.8) is 0 Å². The SMILES string of the molecule is CC[C@@H]1CN(C(=O)OCc2ccccc2)C[C@@H]1C=O. The summed E-state index contributed by atoms with van der Waals surface area (Å²) in [5.41, 5.74) is 0.967. The van der Waals surface area contributed by atoms with E-state index in [1.54, 1.807) is 4.90 Å². The zero-order valence-electron chi connectivity index (χ0n) is 11.1. The van der Waals surface area contributed by atoms with Crippen LogP contribution in [0.3, 0.4) is 0 Å². The number of amides is 1. The van der Waals surface area contributed by atoms with Crippen LogP contribution in [0.2, 0.25) is 0 Å². The third-order valence-electron chi connectivity index (χ3n) is 3.65. The summed E-state index contributed by atoms with van der Waals surface area (Å²) in [7, 11) is 0. The van der Waals surface area contributed by atoms with Crippen molar-refractivity contribution in [1.82, 2.24) is 4.90 Å². The molecule has 4 nitrogen and oxygen atoms in total. The Morgan fingerprint density at radius 2 is 2.11 bits per heavy atom. The highest BCUT2D eigenvalue weighted by Crippen LogP contribution is 2.25. The van der Waals surface area contributed by atoms with E-state index < -0.39 is 0 Å². The molecule has 1 fully saturated rings. The Bertz CT molecular complexity index is 432. The van der Waals surface area contributed by atoms with Crippen molar-refractivity contribution < 1.29 is 14.3 Å². The highest BCUT2D eigenvalue weighted by molar-refractivity contribution is 5.69. The van der Waals surface area contributed by atoms with Gasteiger partial charge in [-0.1, -0.05) is 43.7 Å². The summed E-state index contributed by atoms with van der Waals surface area (Å²) in [5.74, 6) is 0.219. The second kappa shape index (κ2) is 6.36. The summed E-state index contributed by atoms with van der Waals surface area (Å²) in [5, 5.41) is 0. The van der Waals surface area contributed by atoms with Gasteiger partial charge in [0.05, 0.1) is 0 Å². The van der Waals surface area contributed by atoms with Crippen molar-refractivity contribution in [2.45, 2.75) is 20.0 Å². The van der Waals surface area contributed by atoms with Gasteiger partial charge in [-0.2, -0.15) is 0 Å². The van der Waals surface area contributed by atoms with Crippen molar-refractivity contribution >= 4 is 12.4 Å². The maximum atomic E-state index is 11.9. The molecule has 102 valence electrons. The molecule has 0 unspecified atom stereocenters. The molecule has 2 atom stereocenters. The fourth-order valence-corrected chi connectivity index (χ4v) is 2.44. The monoisotopic (exact) mass is 261 g/mol. The van der Waals surface area contributed by atoms with Gasteiger partial charge in [-0.25, -0.2) is 4.79 Å². The van der Waals surface area contributed by atoms with Crippen LogP contribution in [0.4, 0.5) is 4.79 Å². The molecule has 1 saturated heterocycles. The average Bonchev–Trinajstić information content (AvgIpc) is 2.89. The molecule has 0 aromatic heterocycles. The van der Waals surface area contributed by atoms with Crippen molar-refractivity contribution in [3.05, 3.63) is 35.9 Å². The maximum absolute atomic E-state index is 11.9. The molecule has 0 spiro atoms. The molecule has 0 N–H and O–H groups in total. The third-order valence-corrected chi connectivity index (χ3v) is 3.65. The lowest BCUT2D eigenvalue weighted by atomic mass is 9.95. The van der Waals surface area contributed by atoms with Crippen LogP contribution in [0, 0.1) is 11.8 Å². The first-order valence-electron chi connectivity index (χ1n) is 6.65. The highest BCUT2D eigenvalue weighted by Gasteiger charge is 2.34. The molecule has 1 aromatic rings. The largest absolute Gasteiger partial charge is 0.445 e. The number of likely N-dealkylation sites (tertiary alicyclic amines) is 1. The Kier molecular flexibility index (Phi) is 4.55. The van der Waals surface area contributed by atoms with E-state index in [0.29, 0.717) is 13.1 Å². The van der Waals surface area contributed by atoms with Gasteiger partial charge in [0.1, 0.15) is 12.9 Å². The van der Waals surface area contributed by atoms with Crippen LogP contribution >= 0.6 is 0 Å². The fraction of sp³-hybridized carbons (Fsp3) is 0.467. The molecule has 0 bridgehead atoms. The van der Waals surface area contributed by atoms with Gasteiger partial charge in [-0.05, 0) is 11.5 Å². The average molecular weight is 261 g/mol. The molecule has 1 heterocycles. The van der Waals surface area contributed by atoms with E-state index in [0.717, 1.165) is 18.3 Å². The Balaban J connectivity index is 1.86. The third kappa shape index (κ3) is 3.34. The van der Waals surface area contributed by atoms with Crippen LogP contribution in [0.25, 0.3) is 0 Å². The molecular weight excluding hydrogens is 242 g/mol. The summed E-state index contributed by atoms with van der Waals surface area (Å²) in [6.07, 6.45) is 1.54. The van der Waals surface area contributed by atoms with Crippen LogP contribution in [0.1, 0.15) is 18.9 Å². The molecule has 0 radical (unpaired) electrons. The number of hydrogen-bond acceptors (Lipinski definition) is 3. The highest BCUT2D eigenvalue weighted by atomic mass is 16.6. The topological polar surface area (TPSA) is 46.6 Å². The molecule has 19 heavy (non-hydrogen) atoms. The van der Waals surface area contributed by atoms with E-state index >= 15 is 0 Å². The molecule has 1 aliphatic rings. The number of benzene rings is 1. The van der Waals surface area contributed by atoms with Crippen LogP contribution in [-0.4, -0.2) is 30.4 Å². The van der Waals surface area contributed by atoms with Crippen LogP contribution < -0.4 is 0 Å². The molecule has 2 rings (SSSR count). The fourth-order valence-electron chi connectivity index (χ4n) is 2.44. The van der Waals surface area contributed by atoms with Gasteiger partial charge in [0.15, 0.2) is 0 Å². The standard InChI is InChI=1S/C15H19NO3/c1-2-13-8-16(9-14(13)10-17)15(18)19-11-12-6-4-3-5-7-12/h3-7,10,13-14H,2,8-9,11H2,1H3/t13-,14-/m1/s1. The van der Waals surface area contributed by atoms with Crippen molar-refractivity contribution in [2.24, 2.45) is 11.8 Å². The second-order valence-electron chi connectivity index (χ2n) is 4.91. The first-order chi connectivity index (χ1) is 9.24. The first-order valence-corrected chi connectivity index (χ1v) is 6.65. The lowest BCUT2D eigenvalue weighted by Gasteiger charge is -2.15. The summed E-state index contributed by atoms with van der Waals surface area (Å²) >= 11 is 0. The Morgan fingerprint density at radius 3 is 2.68 bits per heavy atom. The molecule has 1 aromatic carbocycles. The minimum atomic E-state index is -0.327. The van der Waals surface area contributed by atoms with E-state index in [-0.39, 0.29) is 24.5 Å². The van der Waals surface area contributed by atoms with Crippen molar-refractivity contribution in [2.75, 3.05) is 13.1 Å². The minimum Gasteiger partial charge on any atom is -0.445 e. The summed E-state index contributed by atoms with van der Waals surface area (Å²) < 4.78 is 5.27. The molecule has 0 aliphatic carbocycles. The minimum absolute atomic E-state index is 0.0470.